The third kappa shape index (κ3) is 1.53. The Labute approximate surface area is 97.6 Å². The molecule has 0 N–H and O–H groups in total. The molecule has 0 saturated carbocycles. The highest BCUT2D eigenvalue weighted by Crippen LogP contribution is 2.19. The van der Waals surface area contributed by atoms with Crippen LogP contribution in [0.15, 0.2) is 12.4 Å². The lowest BCUT2D eigenvalue weighted by atomic mass is 10.1. The van der Waals surface area contributed by atoms with Gasteiger partial charge in [-0.3, -0.25) is 14.2 Å². The highest BCUT2D eigenvalue weighted by atomic mass is 35.5. The molecule has 2 heterocycles. The summed E-state index contributed by atoms with van der Waals surface area (Å²) in [6, 6.07) is 0. The van der Waals surface area contributed by atoms with Gasteiger partial charge < -0.3 is 0 Å². The molecule has 2 aromatic heterocycles. The van der Waals surface area contributed by atoms with Crippen LogP contribution < -0.4 is 0 Å². The molecule has 0 unspecified atom stereocenters. The average molecular weight is 239 g/mol. The Morgan fingerprint density at radius 3 is 2.31 bits per heavy atom. The summed E-state index contributed by atoms with van der Waals surface area (Å²) in [4.78, 5) is 12.2. The monoisotopic (exact) mass is 238 g/mol. The lowest BCUT2D eigenvalue weighted by Gasteiger charge is -2.01. The van der Waals surface area contributed by atoms with Gasteiger partial charge in [0.2, 0.25) is 5.78 Å². The van der Waals surface area contributed by atoms with Crippen molar-refractivity contribution in [2.24, 2.45) is 14.1 Å². The predicted octanol–water partition coefficient (Wildman–Crippen LogP) is 1.35. The van der Waals surface area contributed by atoms with Crippen molar-refractivity contribution in [2.45, 2.75) is 6.92 Å². The first-order valence-corrected chi connectivity index (χ1v) is 5.11. The second kappa shape index (κ2) is 3.75. The molecule has 16 heavy (non-hydrogen) atoms. The number of aromatic nitrogens is 4. The number of hydrogen-bond acceptors (Lipinski definition) is 3. The zero-order chi connectivity index (χ0) is 11.9. The van der Waals surface area contributed by atoms with Crippen LogP contribution >= 0.6 is 11.6 Å². The third-order valence-electron chi connectivity index (χ3n) is 2.59. The van der Waals surface area contributed by atoms with Crippen LogP contribution in [-0.4, -0.2) is 25.3 Å². The summed E-state index contributed by atoms with van der Waals surface area (Å²) in [6.07, 6.45) is 3.00. The number of halogens is 1. The Morgan fingerprint density at radius 2 is 1.88 bits per heavy atom. The van der Waals surface area contributed by atoms with E-state index in [2.05, 4.69) is 10.2 Å². The smallest absolute Gasteiger partial charge is 0.215 e. The Morgan fingerprint density at radius 1 is 1.25 bits per heavy atom. The highest BCUT2D eigenvalue weighted by Gasteiger charge is 2.21. The molecular formula is C10H11ClN4O. The largest absolute Gasteiger partial charge is 0.287 e. The molecule has 0 aromatic carbocycles. The minimum Gasteiger partial charge on any atom is -0.287 e. The summed E-state index contributed by atoms with van der Waals surface area (Å²) in [6.45, 7) is 1.84. The molecule has 0 saturated heterocycles. The zero-order valence-corrected chi connectivity index (χ0v) is 9.99. The summed E-state index contributed by atoms with van der Waals surface area (Å²) in [5.74, 6) is -0.157. The first kappa shape index (κ1) is 10.9. The SMILES string of the molecule is Cc1c(C(=O)c2c(Cl)cnn2C)cnn1C. The van der Waals surface area contributed by atoms with Crippen molar-refractivity contribution in [1.29, 1.82) is 0 Å². The number of carbonyl (C=O) groups is 1. The summed E-state index contributed by atoms with van der Waals surface area (Å²) in [5, 5.41) is 8.32. The summed E-state index contributed by atoms with van der Waals surface area (Å²) >= 11 is 5.92. The van der Waals surface area contributed by atoms with Crippen molar-refractivity contribution in [3.8, 4) is 0 Å². The maximum atomic E-state index is 12.2. The fourth-order valence-electron chi connectivity index (χ4n) is 1.52. The number of carbonyl (C=O) groups excluding carboxylic acids is 1. The standard InChI is InChI=1S/C10H11ClN4O/c1-6-7(4-12-14(6)2)10(16)9-8(11)5-13-15(9)3/h4-5H,1-3H3. The van der Waals surface area contributed by atoms with Crippen LogP contribution in [0.3, 0.4) is 0 Å². The van der Waals surface area contributed by atoms with Gasteiger partial charge in [0.15, 0.2) is 0 Å². The van der Waals surface area contributed by atoms with E-state index < -0.39 is 0 Å². The second-order valence-electron chi connectivity index (χ2n) is 3.56. The van der Waals surface area contributed by atoms with Crippen molar-refractivity contribution < 1.29 is 4.79 Å². The third-order valence-corrected chi connectivity index (χ3v) is 2.87. The van der Waals surface area contributed by atoms with E-state index in [9.17, 15) is 4.79 Å². The average Bonchev–Trinajstić information content (AvgIpc) is 2.73. The minimum atomic E-state index is -0.157. The molecule has 2 rings (SSSR count). The fourth-order valence-corrected chi connectivity index (χ4v) is 1.77. The topological polar surface area (TPSA) is 52.7 Å². The van der Waals surface area contributed by atoms with Crippen LogP contribution in [0, 0.1) is 6.92 Å². The molecular weight excluding hydrogens is 228 g/mol. The van der Waals surface area contributed by atoms with Gasteiger partial charge in [0.1, 0.15) is 5.69 Å². The lowest BCUT2D eigenvalue weighted by molar-refractivity contribution is 0.102. The molecule has 6 heteroatoms. The molecule has 5 nitrogen and oxygen atoms in total. The van der Waals surface area contributed by atoms with Crippen LogP contribution in [0.1, 0.15) is 21.7 Å². The molecule has 0 amide bonds. The van der Waals surface area contributed by atoms with Gasteiger partial charge in [0.05, 0.1) is 23.0 Å². The Bertz CT molecular complexity index is 536. The molecule has 0 aliphatic carbocycles. The number of nitrogens with zero attached hydrogens (tertiary/aromatic N) is 4. The Kier molecular flexibility index (Phi) is 2.55. The molecule has 0 aliphatic heterocycles. The van der Waals surface area contributed by atoms with Crippen molar-refractivity contribution in [2.75, 3.05) is 0 Å². The van der Waals surface area contributed by atoms with E-state index in [-0.39, 0.29) is 5.78 Å². The molecule has 0 radical (unpaired) electrons. The number of hydrogen-bond donors (Lipinski definition) is 0. The number of ketones is 1. The van der Waals surface area contributed by atoms with Gasteiger partial charge in [-0.15, -0.1) is 0 Å². The van der Waals surface area contributed by atoms with Crippen LogP contribution in [0.2, 0.25) is 5.02 Å². The predicted molar refractivity (Wildman–Crippen MR) is 59.6 cm³/mol. The van der Waals surface area contributed by atoms with E-state index in [4.69, 9.17) is 11.6 Å². The van der Waals surface area contributed by atoms with Gasteiger partial charge in [-0.2, -0.15) is 10.2 Å². The Hall–Kier alpha value is -1.62. The fraction of sp³-hybridized carbons (Fsp3) is 0.300. The number of aryl methyl sites for hydroxylation is 2. The first-order valence-electron chi connectivity index (χ1n) is 4.73. The van der Waals surface area contributed by atoms with Crippen molar-refractivity contribution >= 4 is 17.4 Å². The van der Waals surface area contributed by atoms with E-state index >= 15 is 0 Å². The Balaban J connectivity index is 2.51. The quantitative estimate of drug-likeness (QED) is 0.742. The van der Waals surface area contributed by atoms with Crippen molar-refractivity contribution in [3.05, 3.63) is 34.4 Å². The van der Waals surface area contributed by atoms with Gasteiger partial charge >= 0.3 is 0 Å². The summed E-state index contributed by atoms with van der Waals surface area (Å²) < 4.78 is 3.12. The van der Waals surface area contributed by atoms with E-state index in [1.165, 1.54) is 10.9 Å². The van der Waals surface area contributed by atoms with Crippen LogP contribution in [0.25, 0.3) is 0 Å². The van der Waals surface area contributed by atoms with Crippen molar-refractivity contribution in [1.82, 2.24) is 19.6 Å². The molecule has 0 fully saturated rings. The van der Waals surface area contributed by atoms with E-state index in [1.807, 2.05) is 6.92 Å². The van der Waals surface area contributed by atoms with E-state index in [1.54, 1.807) is 25.0 Å². The maximum Gasteiger partial charge on any atom is 0.215 e. The van der Waals surface area contributed by atoms with Gasteiger partial charge in [-0.1, -0.05) is 11.6 Å². The lowest BCUT2D eigenvalue weighted by Crippen LogP contribution is -2.10. The zero-order valence-electron chi connectivity index (χ0n) is 9.23. The minimum absolute atomic E-state index is 0.157. The van der Waals surface area contributed by atoms with Gasteiger partial charge in [-0.05, 0) is 6.92 Å². The van der Waals surface area contributed by atoms with Crippen LogP contribution in [-0.2, 0) is 14.1 Å². The molecule has 0 spiro atoms. The first-order chi connectivity index (χ1) is 7.52. The number of rotatable bonds is 2. The normalized spacial score (nSPS) is 10.8. The van der Waals surface area contributed by atoms with Gasteiger partial charge in [-0.25, -0.2) is 0 Å². The molecule has 84 valence electrons. The van der Waals surface area contributed by atoms with Gasteiger partial charge in [0.25, 0.3) is 0 Å². The summed E-state index contributed by atoms with van der Waals surface area (Å²) in [7, 11) is 3.47. The molecule has 0 atom stereocenters. The van der Waals surface area contributed by atoms with Crippen molar-refractivity contribution in [3.63, 3.8) is 0 Å². The molecule has 2 aromatic rings. The molecule has 0 aliphatic rings. The summed E-state index contributed by atoms with van der Waals surface area (Å²) in [5.41, 5.74) is 1.74. The maximum absolute atomic E-state index is 12.2. The highest BCUT2D eigenvalue weighted by molar-refractivity contribution is 6.34. The van der Waals surface area contributed by atoms with Crippen LogP contribution in [0.4, 0.5) is 0 Å². The molecule has 0 bridgehead atoms. The van der Waals surface area contributed by atoms with Gasteiger partial charge in [0, 0.05) is 19.8 Å². The second-order valence-corrected chi connectivity index (χ2v) is 3.97. The van der Waals surface area contributed by atoms with E-state index in [0.29, 0.717) is 16.3 Å². The van der Waals surface area contributed by atoms with Crippen LogP contribution in [0.5, 0.6) is 0 Å². The van der Waals surface area contributed by atoms with E-state index in [0.717, 1.165) is 5.69 Å².